The van der Waals surface area contributed by atoms with Crippen LogP contribution < -0.4 is 5.73 Å². The number of aryl methyl sites for hydroxylation is 1. The number of carbonyl (C=O) groups excluding carboxylic acids is 1. The molecule has 3 heteroatoms. The summed E-state index contributed by atoms with van der Waals surface area (Å²) in [6.45, 7) is 3.31. The number of rotatable bonds is 2. The Bertz CT molecular complexity index is 334. The van der Waals surface area contributed by atoms with Crippen molar-refractivity contribution in [2.75, 3.05) is 0 Å². The summed E-state index contributed by atoms with van der Waals surface area (Å²) in [6.07, 6.45) is 0. The number of hydrogen-bond donors (Lipinski definition) is 1. The van der Waals surface area contributed by atoms with Gasteiger partial charge in [-0.05, 0) is 37.6 Å². The highest BCUT2D eigenvalue weighted by molar-refractivity contribution is 6.00. The van der Waals surface area contributed by atoms with Crippen molar-refractivity contribution in [2.24, 2.45) is 5.73 Å². The number of carbonyl (C=O) groups is 1. The van der Waals surface area contributed by atoms with E-state index < -0.39 is 6.04 Å². The van der Waals surface area contributed by atoms with Crippen molar-refractivity contribution in [3.63, 3.8) is 0 Å². The van der Waals surface area contributed by atoms with Crippen molar-refractivity contribution in [3.8, 4) is 0 Å². The van der Waals surface area contributed by atoms with Crippen molar-refractivity contribution in [3.05, 3.63) is 35.1 Å². The van der Waals surface area contributed by atoms with Crippen molar-refractivity contribution in [1.29, 1.82) is 0 Å². The van der Waals surface area contributed by atoms with Gasteiger partial charge in [0.25, 0.3) is 0 Å². The third-order valence-electron chi connectivity index (χ3n) is 1.87. The molecule has 0 aliphatic heterocycles. The number of hydrogen-bond acceptors (Lipinski definition) is 2. The second-order valence-corrected chi connectivity index (χ2v) is 3.11. The number of ketones is 1. The maximum atomic E-state index is 12.7. The Labute approximate surface area is 76.6 Å². The van der Waals surface area contributed by atoms with E-state index >= 15 is 0 Å². The standard InChI is InChI=1S/C10H12FNO/c1-6-5-8(11)3-4-9(6)10(13)7(2)12/h3-5,7H,12H2,1-2H3. The molecule has 0 radical (unpaired) electrons. The van der Waals surface area contributed by atoms with Gasteiger partial charge in [0.1, 0.15) is 5.82 Å². The summed E-state index contributed by atoms with van der Waals surface area (Å²) < 4.78 is 12.7. The molecule has 0 saturated carbocycles. The molecular weight excluding hydrogens is 169 g/mol. The highest BCUT2D eigenvalue weighted by Crippen LogP contribution is 2.11. The Hall–Kier alpha value is -1.22. The monoisotopic (exact) mass is 181 g/mol. The molecule has 0 aliphatic rings. The van der Waals surface area contributed by atoms with Gasteiger partial charge in [0.15, 0.2) is 5.78 Å². The molecule has 2 nitrogen and oxygen atoms in total. The first-order valence-corrected chi connectivity index (χ1v) is 4.08. The molecule has 0 spiro atoms. The van der Waals surface area contributed by atoms with Gasteiger partial charge in [0.2, 0.25) is 0 Å². The van der Waals surface area contributed by atoms with Crippen LogP contribution in [0.1, 0.15) is 22.8 Å². The molecule has 0 aliphatic carbocycles. The lowest BCUT2D eigenvalue weighted by Crippen LogP contribution is -2.27. The van der Waals surface area contributed by atoms with E-state index in [1.165, 1.54) is 18.2 Å². The van der Waals surface area contributed by atoms with Gasteiger partial charge in [-0.15, -0.1) is 0 Å². The summed E-state index contributed by atoms with van der Waals surface area (Å²) in [5.74, 6) is -0.490. The summed E-state index contributed by atoms with van der Waals surface area (Å²) in [7, 11) is 0. The highest BCUT2D eigenvalue weighted by atomic mass is 19.1. The summed E-state index contributed by atoms with van der Waals surface area (Å²) in [4.78, 5) is 11.4. The van der Waals surface area contributed by atoms with Gasteiger partial charge in [-0.25, -0.2) is 4.39 Å². The zero-order valence-electron chi connectivity index (χ0n) is 7.67. The summed E-state index contributed by atoms with van der Waals surface area (Å²) in [6, 6.07) is 3.53. The molecule has 0 amide bonds. The highest BCUT2D eigenvalue weighted by Gasteiger charge is 2.13. The van der Waals surface area contributed by atoms with E-state index in [1.807, 2.05) is 0 Å². The van der Waals surface area contributed by atoms with Gasteiger partial charge in [-0.1, -0.05) is 0 Å². The summed E-state index contributed by atoms with van der Waals surface area (Å²) >= 11 is 0. The molecule has 1 aromatic carbocycles. The minimum atomic E-state index is -0.538. The Morgan fingerprint density at radius 2 is 2.15 bits per heavy atom. The smallest absolute Gasteiger partial charge is 0.179 e. The normalized spacial score (nSPS) is 12.6. The Kier molecular flexibility index (Phi) is 2.78. The van der Waals surface area contributed by atoms with E-state index in [0.29, 0.717) is 11.1 Å². The van der Waals surface area contributed by atoms with Gasteiger partial charge in [0, 0.05) is 5.56 Å². The lowest BCUT2D eigenvalue weighted by atomic mass is 10.0. The molecule has 1 rings (SSSR count). The average Bonchev–Trinajstić information content (AvgIpc) is 2.03. The van der Waals surface area contributed by atoms with Crippen LogP contribution in [0, 0.1) is 12.7 Å². The Balaban J connectivity index is 3.09. The second-order valence-electron chi connectivity index (χ2n) is 3.11. The van der Waals surface area contributed by atoms with Crippen LogP contribution in [0.25, 0.3) is 0 Å². The lowest BCUT2D eigenvalue weighted by molar-refractivity contribution is 0.0967. The molecule has 0 saturated heterocycles. The number of nitrogens with two attached hydrogens (primary N) is 1. The first kappa shape index (κ1) is 9.86. The fourth-order valence-electron chi connectivity index (χ4n) is 1.15. The number of halogens is 1. The first-order valence-electron chi connectivity index (χ1n) is 4.08. The van der Waals surface area contributed by atoms with Crippen molar-refractivity contribution in [1.82, 2.24) is 0 Å². The lowest BCUT2D eigenvalue weighted by Gasteiger charge is -2.07. The molecule has 13 heavy (non-hydrogen) atoms. The third kappa shape index (κ3) is 2.12. The molecule has 0 aromatic heterocycles. The predicted molar refractivity (Wildman–Crippen MR) is 49.1 cm³/mol. The van der Waals surface area contributed by atoms with Gasteiger partial charge in [-0.2, -0.15) is 0 Å². The zero-order valence-corrected chi connectivity index (χ0v) is 7.67. The SMILES string of the molecule is Cc1cc(F)ccc1C(=O)C(C)N. The van der Waals surface area contributed by atoms with Crippen LogP contribution in [-0.4, -0.2) is 11.8 Å². The molecule has 2 N–H and O–H groups in total. The fourth-order valence-corrected chi connectivity index (χ4v) is 1.15. The molecule has 0 bridgehead atoms. The van der Waals surface area contributed by atoms with E-state index in [-0.39, 0.29) is 11.6 Å². The predicted octanol–water partition coefficient (Wildman–Crippen LogP) is 1.66. The van der Waals surface area contributed by atoms with Crippen LogP contribution in [0.4, 0.5) is 4.39 Å². The maximum absolute atomic E-state index is 12.7. The maximum Gasteiger partial charge on any atom is 0.179 e. The second kappa shape index (κ2) is 3.66. The average molecular weight is 181 g/mol. The molecular formula is C10H12FNO. The molecule has 0 fully saturated rings. The minimum Gasteiger partial charge on any atom is -0.321 e. The van der Waals surface area contributed by atoms with Crippen LogP contribution in [0.2, 0.25) is 0 Å². The van der Waals surface area contributed by atoms with Gasteiger partial charge < -0.3 is 5.73 Å². The topological polar surface area (TPSA) is 43.1 Å². The Morgan fingerprint density at radius 1 is 1.54 bits per heavy atom. The minimum absolute atomic E-state index is 0.155. The van der Waals surface area contributed by atoms with Crippen LogP contribution in [0.15, 0.2) is 18.2 Å². The molecule has 1 atom stereocenters. The zero-order chi connectivity index (χ0) is 10.0. The molecule has 0 heterocycles. The first-order chi connectivity index (χ1) is 6.02. The van der Waals surface area contributed by atoms with Gasteiger partial charge >= 0.3 is 0 Å². The molecule has 1 unspecified atom stereocenters. The van der Waals surface area contributed by atoms with Crippen LogP contribution >= 0.6 is 0 Å². The third-order valence-corrected chi connectivity index (χ3v) is 1.87. The van der Waals surface area contributed by atoms with Crippen LogP contribution in [-0.2, 0) is 0 Å². The van der Waals surface area contributed by atoms with Crippen LogP contribution in [0.3, 0.4) is 0 Å². The molecule has 1 aromatic rings. The Morgan fingerprint density at radius 3 is 2.62 bits per heavy atom. The number of Topliss-reactive ketones (excluding diaryl/α,β-unsaturated/α-hetero) is 1. The van der Waals surface area contributed by atoms with E-state index in [9.17, 15) is 9.18 Å². The largest absolute Gasteiger partial charge is 0.321 e. The van der Waals surface area contributed by atoms with E-state index in [2.05, 4.69) is 0 Å². The summed E-state index contributed by atoms with van der Waals surface area (Å²) in [5.41, 5.74) is 6.56. The number of benzene rings is 1. The molecule has 70 valence electrons. The fraction of sp³-hybridized carbons (Fsp3) is 0.300. The van der Waals surface area contributed by atoms with E-state index in [1.54, 1.807) is 13.8 Å². The van der Waals surface area contributed by atoms with Gasteiger partial charge in [-0.3, -0.25) is 4.79 Å². The van der Waals surface area contributed by atoms with Crippen molar-refractivity contribution >= 4 is 5.78 Å². The quantitative estimate of drug-likeness (QED) is 0.705. The summed E-state index contributed by atoms with van der Waals surface area (Å²) in [5, 5.41) is 0. The van der Waals surface area contributed by atoms with E-state index in [0.717, 1.165) is 0 Å². The van der Waals surface area contributed by atoms with E-state index in [4.69, 9.17) is 5.73 Å². The van der Waals surface area contributed by atoms with Crippen molar-refractivity contribution in [2.45, 2.75) is 19.9 Å². The van der Waals surface area contributed by atoms with Gasteiger partial charge in [0.05, 0.1) is 6.04 Å². The van der Waals surface area contributed by atoms with Crippen molar-refractivity contribution < 1.29 is 9.18 Å². The van der Waals surface area contributed by atoms with Crippen LogP contribution in [0.5, 0.6) is 0 Å².